The molecule has 0 saturated carbocycles. The molecule has 1 aromatic carbocycles. The van der Waals surface area contributed by atoms with Gasteiger partial charge in [-0.2, -0.15) is 0 Å². The van der Waals surface area contributed by atoms with Gasteiger partial charge in [0.25, 0.3) is 11.8 Å². The quantitative estimate of drug-likeness (QED) is 0.381. The van der Waals surface area contributed by atoms with Gasteiger partial charge in [0.1, 0.15) is 5.57 Å². The molecule has 1 aliphatic heterocycles. The van der Waals surface area contributed by atoms with E-state index in [1.807, 2.05) is 30.5 Å². The average molecular weight is 367 g/mol. The van der Waals surface area contributed by atoms with Gasteiger partial charge in [0.05, 0.1) is 0 Å². The number of carbonyl (C=O) groups is 2. The molecule has 2 amide bonds. The highest BCUT2D eigenvalue weighted by molar-refractivity contribution is 7.80. The Hall–Kier alpha value is -2.73. The van der Waals surface area contributed by atoms with Crippen LogP contribution in [0.25, 0.3) is 17.0 Å². The fraction of sp³-hybridized carbons (Fsp3) is 0.250. The van der Waals surface area contributed by atoms with Gasteiger partial charge in [-0.25, -0.2) is 0 Å². The molecule has 1 saturated heterocycles. The Morgan fingerprint density at radius 3 is 2.73 bits per heavy atom. The number of benzene rings is 1. The molecule has 1 aliphatic rings. The van der Waals surface area contributed by atoms with Crippen molar-refractivity contribution in [2.24, 2.45) is 0 Å². The van der Waals surface area contributed by atoms with Gasteiger partial charge in [0.15, 0.2) is 5.11 Å². The minimum absolute atomic E-state index is 0.0764. The number of rotatable bonds is 5. The third-order valence-electron chi connectivity index (χ3n) is 4.63. The number of fused-ring (bicyclic) bond motifs is 1. The van der Waals surface area contributed by atoms with Crippen molar-refractivity contribution in [2.75, 3.05) is 6.54 Å². The van der Waals surface area contributed by atoms with Crippen LogP contribution in [0.5, 0.6) is 0 Å². The summed E-state index contributed by atoms with van der Waals surface area (Å²) in [5.41, 5.74) is 1.99. The van der Waals surface area contributed by atoms with Crippen molar-refractivity contribution in [1.29, 1.82) is 0 Å². The number of nitrogens with one attached hydrogen (secondary N) is 1. The van der Waals surface area contributed by atoms with E-state index in [-0.39, 0.29) is 17.2 Å². The topological polar surface area (TPSA) is 54.3 Å². The Labute approximate surface area is 158 Å². The molecule has 1 fully saturated rings. The van der Waals surface area contributed by atoms with Crippen molar-refractivity contribution in [3.8, 4) is 0 Å². The lowest BCUT2D eigenvalue weighted by Crippen LogP contribution is -2.53. The summed E-state index contributed by atoms with van der Waals surface area (Å²) in [6.45, 7) is 8.16. The molecule has 6 heteroatoms. The monoisotopic (exact) mass is 367 g/mol. The van der Waals surface area contributed by atoms with E-state index in [2.05, 4.69) is 30.3 Å². The van der Waals surface area contributed by atoms with Crippen molar-refractivity contribution in [3.63, 3.8) is 0 Å². The lowest BCUT2D eigenvalue weighted by molar-refractivity contribution is -0.128. The summed E-state index contributed by atoms with van der Waals surface area (Å²) in [4.78, 5) is 26.4. The molecular formula is C20H21N3O2S. The van der Waals surface area contributed by atoms with Crippen molar-refractivity contribution >= 4 is 46.1 Å². The van der Waals surface area contributed by atoms with E-state index in [1.54, 1.807) is 12.2 Å². The van der Waals surface area contributed by atoms with E-state index >= 15 is 0 Å². The van der Waals surface area contributed by atoms with Crippen LogP contribution in [0.1, 0.15) is 31.9 Å². The van der Waals surface area contributed by atoms with Gasteiger partial charge in [0.2, 0.25) is 0 Å². The van der Waals surface area contributed by atoms with Crippen LogP contribution in [0.15, 0.2) is 48.7 Å². The molecule has 2 heterocycles. The van der Waals surface area contributed by atoms with E-state index in [0.717, 1.165) is 22.9 Å². The van der Waals surface area contributed by atoms with Gasteiger partial charge >= 0.3 is 0 Å². The molecule has 1 atom stereocenters. The number of nitrogens with zero attached hydrogens (tertiary/aromatic N) is 2. The van der Waals surface area contributed by atoms with Crippen LogP contribution < -0.4 is 5.32 Å². The lowest BCUT2D eigenvalue weighted by Gasteiger charge is -2.27. The minimum atomic E-state index is -0.472. The van der Waals surface area contributed by atoms with Crippen LogP contribution in [0.4, 0.5) is 0 Å². The smallest absolute Gasteiger partial charge is 0.265 e. The summed E-state index contributed by atoms with van der Waals surface area (Å²) in [6.07, 6.45) is 6.21. The first kappa shape index (κ1) is 18.1. The predicted octanol–water partition coefficient (Wildman–Crippen LogP) is 3.43. The molecule has 1 N–H and O–H groups in total. The first-order chi connectivity index (χ1) is 12.5. The van der Waals surface area contributed by atoms with E-state index in [0.29, 0.717) is 6.04 Å². The van der Waals surface area contributed by atoms with Crippen LogP contribution in [-0.4, -0.2) is 32.9 Å². The van der Waals surface area contributed by atoms with Crippen molar-refractivity contribution in [2.45, 2.75) is 26.3 Å². The second kappa shape index (κ2) is 7.25. The Morgan fingerprint density at radius 1 is 1.31 bits per heavy atom. The zero-order chi connectivity index (χ0) is 18.8. The zero-order valence-corrected chi connectivity index (χ0v) is 15.7. The summed E-state index contributed by atoms with van der Waals surface area (Å²) >= 11 is 5.09. The summed E-state index contributed by atoms with van der Waals surface area (Å²) in [5, 5.41) is 3.69. The van der Waals surface area contributed by atoms with E-state index in [4.69, 9.17) is 12.2 Å². The van der Waals surface area contributed by atoms with Crippen LogP contribution in [-0.2, 0) is 9.59 Å². The maximum Gasteiger partial charge on any atom is 0.265 e. The Balaban J connectivity index is 2.11. The molecule has 2 aromatic rings. The molecule has 1 aromatic heterocycles. The third kappa shape index (κ3) is 3.08. The van der Waals surface area contributed by atoms with Gasteiger partial charge in [-0.15, -0.1) is 6.58 Å². The maximum atomic E-state index is 12.7. The van der Waals surface area contributed by atoms with Gasteiger partial charge < -0.3 is 4.57 Å². The molecule has 0 aliphatic carbocycles. The minimum Gasteiger partial charge on any atom is -0.344 e. The molecule has 0 spiro atoms. The summed E-state index contributed by atoms with van der Waals surface area (Å²) in [5.74, 6) is -0.875. The van der Waals surface area contributed by atoms with Gasteiger partial charge in [-0.1, -0.05) is 31.2 Å². The maximum absolute atomic E-state index is 12.7. The van der Waals surface area contributed by atoms with Crippen LogP contribution >= 0.6 is 12.2 Å². The Kier molecular flexibility index (Phi) is 5.04. The number of aromatic nitrogens is 1. The molecule has 0 unspecified atom stereocenters. The first-order valence-corrected chi connectivity index (χ1v) is 8.98. The van der Waals surface area contributed by atoms with Crippen LogP contribution in [0, 0.1) is 0 Å². The number of hydrogen-bond acceptors (Lipinski definition) is 3. The molecule has 134 valence electrons. The standard InChI is InChI=1S/C20H21N3O2S/c1-4-10-22-19(25)16(18(24)21-20(22)26)11-14-12-23(13(3)5-2)17-9-7-6-8-15(14)17/h4,6-9,11-13H,1,5,10H2,2-3H3,(H,21,24,26)/b16-11-/t13-/m1/s1. The number of amides is 2. The molecule has 0 radical (unpaired) electrons. The molecule has 26 heavy (non-hydrogen) atoms. The number of carbonyl (C=O) groups excluding carboxylic acids is 2. The lowest BCUT2D eigenvalue weighted by atomic mass is 10.1. The summed E-state index contributed by atoms with van der Waals surface area (Å²) < 4.78 is 2.18. The van der Waals surface area contributed by atoms with E-state index in [9.17, 15) is 9.59 Å². The molecule has 3 rings (SSSR count). The molecule has 0 bridgehead atoms. The fourth-order valence-corrected chi connectivity index (χ4v) is 3.30. The van der Waals surface area contributed by atoms with Crippen molar-refractivity contribution in [1.82, 2.24) is 14.8 Å². The Bertz CT molecular complexity index is 942. The van der Waals surface area contributed by atoms with Crippen LogP contribution in [0.3, 0.4) is 0 Å². The largest absolute Gasteiger partial charge is 0.344 e. The fourth-order valence-electron chi connectivity index (χ4n) is 3.05. The normalized spacial score (nSPS) is 17.7. The number of para-hydroxylation sites is 1. The van der Waals surface area contributed by atoms with Crippen LogP contribution in [0.2, 0.25) is 0 Å². The van der Waals surface area contributed by atoms with E-state index in [1.165, 1.54) is 4.90 Å². The Morgan fingerprint density at radius 2 is 2.04 bits per heavy atom. The SMILES string of the molecule is C=CCN1C(=O)/C(=C\c2cn([C@H](C)CC)c3ccccc23)C(=O)NC1=S. The number of hydrogen-bond donors (Lipinski definition) is 1. The van der Waals surface area contributed by atoms with Gasteiger partial charge in [-0.3, -0.25) is 19.8 Å². The van der Waals surface area contributed by atoms with Gasteiger partial charge in [0, 0.05) is 35.2 Å². The third-order valence-corrected chi connectivity index (χ3v) is 4.96. The number of thiocarbonyl (C=S) groups is 1. The average Bonchev–Trinajstić information content (AvgIpc) is 3.00. The summed E-state index contributed by atoms with van der Waals surface area (Å²) in [6, 6.07) is 8.30. The molecular weight excluding hydrogens is 346 g/mol. The zero-order valence-electron chi connectivity index (χ0n) is 14.9. The van der Waals surface area contributed by atoms with E-state index < -0.39 is 11.8 Å². The highest BCUT2D eigenvalue weighted by Gasteiger charge is 2.32. The summed E-state index contributed by atoms with van der Waals surface area (Å²) in [7, 11) is 0. The predicted molar refractivity (Wildman–Crippen MR) is 108 cm³/mol. The second-order valence-electron chi connectivity index (χ2n) is 6.29. The second-order valence-corrected chi connectivity index (χ2v) is 6.67. The van der Waals surface area contributed by atoms with Crippen molar-refractivity contribution in [3.05, 3.63) is 54.3 Å². The highest BCUT2D eigenvalue weighted by Crippen LogP contribution is 2.28. The molecule has 5 nitrogen and oxygen atoms in total. The van der Waals surface area contributed by atoms with Gasteiger partial charge in [-0.05, 0) is 37.7 Å². The van der Waals surface area contributed by atoms with Crippen molar-refractivity contribution < 1.29 is 9.59 Å². The highest BCUT2D eigenvalue weighted by atomic mass is 32.1. The first-order valence-electron chi connectivity index (χ1n) is 8.57.